The highest BCUT2D eigenvalue weighted by atomic mass is 16.5. The van der Waals surface area contributed by atoms with Crippen LogP contribution in [0, 0.1) is 0 Å². The van der Waals surface area contributed by atoms with E-state index in [1.165, 1.54) is 103 Å². The van der Waals surface area contributed by atoms with Gasteiger partial charge in [0.2, 0.25) is 0 Å². The molecule has 0 aliphatic heterocycles. The van der Waals surface area contributed by atoms with Crippen molar-refractivity contribution in [2.45, 2.75) is 161 Å². The van der Waals surface area contributed by atoms with E-state index in [0.29, 0.717) is 19.4 Å². The average Bonchev–Trinajstić information content (AvgIpc) is 2.77. The van der Waals surface area contributed by atoms with Gasteiger partial charge in [-0.3, -0.25) is 9.59 Å². The molecule has 4 nitrogen and oxygen atoms in total. The van der Waals surface area contributed by atoms with Gasteiger partial charge in [0.1, 0.15) is 0 Å². The van der Waals surface area contributed by atoms with Crippen LogP contribution in [0.4, 0.5) is 0 Å². The van der Waals surface area contributed by atoms with Gasteiger partial charge in [0, 0.05) is 12.8 Å². The van der Waals surface area contributed by atoms with Gasteiger partial charge in [-0.25, -0.2) is 0 Å². The molecule has 0 aliphatic carbocycles. The fraction of sp³-hybridized carbons (Fsp3) is 0.929. The lowest BCUT2D eigenvalue weighted by Crippen LogP contribution is -2.05. The molecule has 0 saturated heterocycles. The van der Waals surface area contributed by atoms with Crippen LogP contribution >= 0.6 is 0 Å². The molecule has 0 saturated carbocycles. The molecular formula is C28H54O4. The molecule has 0 spiro atoms. The number of esters is 1. The Hall–Kier alpha value is -1.06. The third-order valence-electron chi connectivity index (χ3n) is 6.28. The van der Waals surface area contributed by atoms with Crippen LogP contribution in [0.25, 0.3) is 0 Å². The number of ether oxygens (including phenoxy) is 1. The van der Waals surface area contributed by atoms with Crippen molar-refractivity contribution in [3.05, 3.63) is 0 Å². The molecule has 0 rings (SSSR count). The SMILES string of the molecule is CCCCCCCCCCCCC(=O)OCCCCCCCCCCCCCCC(=O)O. The second-order valence-corrected chi connectivity index (χ2v) is 9.54. The fourth-order valence-electron chi connectivity index (χ4n) is 4.16. The Morgan fingerprint density at radius 2 is 0.844 bits per heavy atom. The van der Waals surface area contributed by atoms with Gasteiger partial charge < -0.3 is 9.84 Å². The maximum Gasteiger partial charge on any atom is 0.305 e. The smallest absolute Gasteiger partial charge is 0.305 e. The molecule has 1 N–H and O–H groups in total. The number of rotatable bonds is 26. The molecule has 0 amide bonds. The standard InChI is InChI=1S/C28H54O4/c1-2-3-4-5-6-7-13-16-19-22-25-28(31)32-26-23-20-17-14-11-9-8-10-12-15-18-21-24-27(29)30/h2-26H2,1H3,(H,29,30). The number of hydrogen-bond donors (Lipinski definition) is 1. The number of carboxylic acid groups (broad SMARTS) is 1. The topological polar surface area (TPSA) is 63.6 Å². The van der Waals surface area contributed by atoms with Crippen molar-refractivity contribution >= 4 is 11.9 Å². The van der Waals surface area contributed by atoms with Crippen molar-refractivity contribution in [3.63, 3.8) is 0 Å². The molecule has 0 aromatic carbocycles. The normalized spacial score (nSPS) is 11.0. The zero-order valence-electron chi connectivity index (χ0n) is 21.3. The van der Waals surface area contributed by atoms with Crippen molar-refractivity contribution in [1.29, 1.82) is 0 Å². The molecule has 0 heterocycles. The molecular weight excluding hydrogens is 400 g/mol. The van der Waals surface area contributed by atoms with E-state index >= 15 is 0 Å². The number of aliphatic carboxylic acids is 1. The minimum absolute atomic E-state index is 0.00692. The average molecular weight is 455 g/mol. The Bertz CT molecular complexity index is 408. The van der Waals surface area contributed by atoms with Crippen molar-refractivity contribution in [1.82, 2.24) is 0 Å². The molecule has 0 radical (unpaired) electrons. The van der Waals surface area contributed by atoms with E-state index < -0.39 is 5.97 Å². The van der Waals surface area contributed by atoms with Gasteiger partial charge in [-0.1, -0.05) is 129 Å². The second kappa shape index (κ2) is 26.2. The van der Waals surface area contributed by atoms with Gasteiger partial charge in [0.25, 0.3) is 0 Å². The predicted molar refractivity (Wildman–Crippen MR) is 135 cm³/mol. The van der Waals surface area contributed by atoms with Gasteiger partial charge in [0.15, 0.2) is 0 Å². The summed E-state index contributed by atoms with van der Waals surface area (Å²) in [5.41, 5.74) is 0. The van der Waals surface area contributed by atoms with Crippen LogP contribution in [0.1, 0.15) is 161 Å². The lowest BCUT2D eigenvalue weighted by Gasteiger charge is -2.06. The Kier molecular flexibility index (Phi) is 25.3. The second-order valence-electron chi connectivity index (χ2n) is 9.54. The van der Waals surface area contributed by atoms with Crippen LogP contribution in [0.3, 0.4) is 0 Å². The third-order valence-corrected chi connectivity index (χ3v) is 6.28. The summed E-state index contributed by atoms with van der Waals surface area (Å²) in [5.74, 6) is -0.681. The van der Waals surface area contributed by atoms with E-state index in [2.05, 4.69) is 6.92 Å². The number of unbranched alkanes of at least 4 members (excludes halogenated alkanes) is 20. The summed E-state index contributed by atoms with van der Waals surface area (Å²) in [4.78, 5) is 22.2. The molecule has 0 bridgehead atoms. The van der Waals surface area contributed by atoms with Crippen LogP contribution in [0.15, 0.2) is 0 Å². The van der Waals surface area contributed by atoms with Crippen LogP contribution in [-0.2, 0) is 14.3 Å². The van der Waals surface area contributed by atoms with Crippen molar-refractivity contribution in [3.8, 4) is 0 Å². The van der Waals surface area contributed by atoms with Gasteiger partial charge in [-0.2, -0.15) is 0 Å². The molecule has 32 heavy (non-hydrogen) atoms. The van der Waals surface area contributed by atoms with Crippen LogP contribution in [0.2, 0.25) is 0 Å². The largest absolute Gasteiger partial charge is 0.481 e. The first-order valence-electron chi connectivity index (χ1n) is 14.0. The number of carbonyl (C=O) groups is 2. The highest BCUT2D eigenvalue weighted by Gasteiger charge is 2.02. The summed E-state index contributed by atoms with van der Waals surface area (Å²) in [5, 5.41) is 8.59. The van der Waals surface area contributed by atoms with E-state index in [1.54, 1.807) is 0 Å². The Morgan fingerprint density at radius 1 is 0.500 bits per heavy atom. The van der Waals surface area contributed by atoms with Crippen LogP contribution in [0.5, 0.6) is 0 Å². The van der Waals surface area contributed by atoms with E-state index in [1.807, 2.05) is 0 Å². The van der Waals surface area contributed by atoms with Gasteiger partial charge >= 0.3 is 11.9 Å². The quantitative estimate of drug-likeness (QED) is 0.105. The van der Waals surface area contributed by atoms with E-state index in [9.17, 15) is 9.59 Å². The van der Waals surface area contributed by atoms with Crippen LogP contribution < -0.4 is 0 Å². The summed E-state index contributed by atoms with van der Waals surface area (Å²) >= 11 is 0. The fourth-order valence-corrected chi connectivity index (χ4v) is 4.16. The molecule has 0 aromatic rings. The predicted octanol–water partition coefficient (Wildman–Crippen LogP) is 9.00. The first kappa shape index (κ1) is 30.9. The summed E-state index contributed by atoms with van der Waals surface area (Å²) in [7, 11) is 0. The summed E-state index contributed by atoms with van der Waals surface area (Å²) in [6.07, 6.45) is 28.0. The highest BCUT2D eigenvalue weighted by Crippen LogP contribution is 2.13. The Morgan fingerprint density at radius 3 is 1.25 bits per heavy atom. The first-order valence-corrected chi connectivity index (χ1v) is 14.0. The summed E-state index contributed by atoms with van der Waals surface area (Å²) in [6, 6.07) is 0. The molecule has 0 aromatic heterocycles. The molecule has 0 unspecified atom stereocenters. The Labute approximate surface area is 199 Å². The minimum atomic E-state index is -0.674. The lowest BCUT2D eigenvalue weighted by atomic mass is 10.0. The van der Waals surface area contributed by atoms with E-state index in [0.717, 1.165) is 38.5 Å². The molecule has 0 atom stereocenters. The zero-order valence-corrected chi connectivity index (χ0v) is 21.3. The van der Waals surface area contributed by atoms with Gasteiger partial charge in [-0.05, 0) is 19.3 Å². The minimum Gasteiger partial charge on any atom is -0.481 e. The van der Waals surface area contributed by atoms with Crippen molar-refractivity contribution in [2.24, 2.45) is 0 Å². The van der Waals surface area contributed by atoms with Gasteiger partial charge in [0.05, 0.1) is 6.61 Å². The molecule has 190 valence electrons. The maximum absolute atomic E-state index is 11.8. The summed E-state index contributed by atoms with van der Waals surface area (Å²) in [6.45, 7) is 2.85. The third kappa shape index (κ3) is 27.0. The number of hydrogen-bond acceptors (Lipinski definition) is 3. The van der Waals surface area contributed by atoms with E-state index in [4.69, 9.17) is 9.84 Å². The van der Waals surface area contributed by atoms with Crippen LogP contribution in [-0.4, -0.2) is 23.7 Å². The van der Waals surface area contributed by atoms with Crippen molar-refractivity contribution in [2.75, 3.05) is 6.61 Å². The number of carbonyl (C=O) groups excluding carboxylic acids is 1. The highest BCUT2D eigenvalue weighted by molar-refractivity contribution is 5.69. The molecule has 0 fully saturated rings. The first-order chi connectivity index (χ1) is 15.7. The lowest BCUT2D eigenvalue weighted by molar-refractivity contribution is -0.144. The Balaban J connectivity index is 3.15. The van der Waals surface area contributed by atoms with Gasteiger partial charge in [-0.15, -0.1) is 0 Å². The zero-order chi connectivity index (χ0) is 23.5. The maximum atomic E-state index is 11.8. The monoisotopic (exact) mass is 454 g/mol. The van der Waals surface area contributed by atoms with E-state index in [-0.39, 0.29) is 5.97 Å². The molecule has 0 aliphatic rings. The molecule has 4 heteroatoms. The summed E-state index contributed by atoms with van der Waals surface area (Å²) < 4.78 is 5.37. The van der Waals surface area contributed by atoms with Crippen molar-refractivity contribution < 1.29 is 19.4 Å². The number of carboxylic acids is 1.